The average molecular weight is 1160 g/mol. The molecule has 0 aliphatic heterocycles. The van der Waals surface area contributed by atoms with Crippen LogP contribution < -0.4 is 31.3 Å². The minimum atomic E-state index is -7.22. The number of Topliss-reactive ketones (excluding diaryl/α,β-unsaturated/α-hetero) is 1. The number of methoxy groups -OCH3 is 2. The third kappa shape index (κ3) is 9.64. The van der Waals surface area contributed by atoms with Crippen molar-refractivity contribution in [2.45, 2.75) is 29.3 Å². The molecule has 2 aromatic heterocycles. The summed E-state index contributed by atoms with van der Waals surface area (Å²) in [4.78, 5) is 14.9. The summed E-state index contributed by atoms with van der Waals surface area (Å²) in [6.07, 6.45) is -7.22. The van der Waals surface area contributed by atoms with Crippen molar-refractivity contribution < 1.29 is 102 Å². The van der Waals surface area contributed by atoms with Gasteiger partial charge in [-0.1, -0.05) is 23.1 Å². The minimum Gasteiger partial charge on any atom is -0.497 e. The second-order valence-corrected chi connectivity index (χ2v) is 21.3. The van der Waals surface area contributed by atoms with E-state index in [4.69, 9.17) is 9.47 Å². The SMILES string of the molecule is COc1ccc([S+](c2ccc(OC)cc2)c2ccc(Sc3ccc(C(C)=O)s3)s2)cc1.Fc1c(F)c(F)c([B-](c2c(F)c(F)c(F)c(F)c2F)(c2c(F)c(F)c(F)c(F)c2F)c2c(F)c(F)c(F)c(F)c2F)c(F)c1F. The predicted octanol–water partition coefficient (Wildman–Crippen LogP) is 13.1. The molecule has 398 valence electrons. The summed E-state index contributed by atoms with van der Waals surface area (Å²) >= 11 is 5.06. The summed E-state index contributed by atoms with van der Waals surface area (Å²) in [5.74, 6) is -69.6. The van der Waals surface area contributed by atoms with Gasteiger partial charge in [0.2, 0.25) is 4.21 Å². The fraction of sp³-hybridized carbons (Fsp3) is 0.0625. The molecule has 8 rings (SSSR count). The van der Waals surface area contributed by atoms with Crippen LogP contribution in [0.4, 0.5) is 87.8 Å². The van der Waals surface area contributed by atoms with E-state index >= 15 is 35.1 Å². The predicted molar refractivity (Wildman–Crippen MR) is 240 cm³/mol. The van der Waals surface area contributed by atoms with E-state index in [-0.39, 0.29) is 16.7 Å². The third-order valence-electron chi connectivity index (χ3n) is 11.2. The van der Waals surface area contributed by atoms with Gasteiger partial charge in [0.25, 0.3) is 0 Å². The third-order valence-corrected chi connectivity index (χ3v) is 17.3. The number of hydrogen-bond donors (Lipinski definition) is 0. The van der Waals surface area contributed by atoms with Gasteiger partial charge < -0.3 is 9.47 Å². The van der Waals surface area contributed by atoms with Crippen LogP contribution >= 0.6 is 34.4 Å². The zero-order valence-electron chi connectivity index (χ0n) is 37.4. The molecule has 0 aliphatic rings. The van der Waals surface area contributed by atoms with Crippen molar-refractivity contribution in [2.24, 2.45) is 0 Å². The monoisotopic (exact) mass is 1160 g/mol. The van der Waals surface area contributed by atoms with Crippen molar-refractivity contribution >= 4 is 79.1 Å². The maximum absolute atomic E-state index is 15.4. The zero-order chi connectivity index (χ0) is 56.2. The van der Waals surface area contributed by atoms with Gasteiger partial charge in [0, 0.05) is 6.07 Å². The summed E-state index contributed by atoms with van der Waals surface area (Å²) < 4.78 is 308. The van der Waals surface area contributed by atoms with Gasteiger partial charge in [-0.05, 0) is 73.7 Å². The van der Waals surface area contributed by atoms with E-state index in [1.165, 1.54) is 18.2 Å². The first kappa shape index (κ1) is 57.1. The number of ether oxygens (including phenoxy) is 2. The highest BCUT2D eigenvalue weighted by Gasteiger charge is 2.52. The first-order chi connectivity index (χ1) is 35.8. The molecule has 0 spiro atoms. The van der Waals surface area contributed by atoms with Gasteiger partial charge in [-0.25, -0.2) is 87.8 Å². The average Bonchev–Trinajstić information content (AvgIpc) is 4.09. The lowest BCUT2D eigenvalue weighted by Gasteiger charge is -2.44. The molecule has 0 atom stereocenters. The van der Waals surface area contributed by atoms with Gasteiger partial charge in [-0.3, -0.25) is 4.79 Å². The summed E-state index contributed by atoms with van der Waals surface area (Å²) in [6, 6.07) is 24.9. The Morgan fingerprint density at radius 2 is 0.645 bits per heavy atom. The van der Waals surface area contributed by atoms with Crippen LogP contribution in [0.2, 0.25) is 0 Å². The van der Waals surface area contributed by atoms with Gasteiger partial charge in [-0.15, -0.1) is 33.2 Å². The van der Waals surface area contributed by atoms with Crippen LogP contribution in [0.1, 0.15) is 16.6 Å². The standard InChI is InChI=1S/C24BF20.C24H21O3S4/c26-5-1(6(27)14(35)21(42)13(5)34)25(2-7(28)15(36)22(43)16(37)8(2)29,3-9(30)17(38)23(44)18(39)10(3)31)4-11(32)19(40)24(45)20(41)12(4)33;1-16(25)21-12-13-22(28-21)29-23-14-15-24(30-23)31(19-8-4-17(26-2)5-9-19)20-10-6-18(27-3)7-11-20/h;4-15H,1-3H3/q-1;+1. The van der Waals surface area contributed by atoms with E-state index in [0.717, 1.165) is 20.6 Å². The number of hydrogen-bond acceptors (Lipinski definition) is 6. The van der Waals surface area contributed by atoms with Gasteiger partial charge >= 0.3 is 0 Å². The van der Waals surface area contributed by atoms with E-state index in [1.807, 2.05) is 36.4 Å². The van der Waals surface area contributed by atoms with E-state index in [9.17, 15) is 57.5 Å². The second kappa shape index (κ2) is 22.1. The highest BCUT2D eigenvalue weighted by molar-refractivity contribution is 8.04. The number of benzene rings is 6. The molecule has 0 saturated heterocycles. The van der Waals surface area contributed by atoms with Crippen LogP contribution in [0.25, 0.3) is 0 Å². The van der Waals surface area contributed by atoms with Crippen molar-refractivity contribution in [3.05, 3.63) is 194 Å². The Kier molecular flexibility index (Phi) is 16.6. The molecule has 2 heterocycles. The number of halogens is 20. The van der Waals surface area contributed by atoms with Crippen molar-refractivity contribution in [1.82, 2.24) is 0 Å². The summed E-state index contributed by atoms with van der Waals surface area (Å²) in [5, 5.41) is 0. The quantitative estimate of drug-likeness (QED) is 0.0305. The van der Waals surface area contributed by atoms with E-state index in [2.05, 4.69) is 36.4 Å². The largest absolute Gasteiger partial charge is 0.497 e. The molecule has 0 unspecified atom stereocenters. The Balaban J connectivity index is 0.000000236. The molecule has 0 aliphatic carbocycles. The number of thiophene rings is 2. The van der Waals surface area contributed by atoms with Crippen LogP contribution in [-0.4, -0.2) is 26.1 Å². The Labute approximate surface area is 428 Å². The normalized spacial score (nSPS) is 11.6. The first-order valence-electron chi connectivity index (χ1n) is 20.4. The molecule has 0 fully saturated rings. The van der Waals surface area contributed by atoms with Gasteiger partial charge in [0.15, 0.2) is 85.4 Å². The Morgan fingerprint density at radius 1 is 0.382 bits per heavy atom. The fourth-order valence-electron chi connectivity index (χ4n) is 7.80. The lowest BCUT2D eigenvalue weighted by atomic mass is 9.12. The molecule has 0 bridgehead atoms. The molecule has 3 nitrogen and oxygen atoms in total. The molecule has 0 amide bonds. The molecule has 28 heteroatoms. The van der Waals surface area contributed by atoms with Gasteiger partial charge in [0.05, 0.1) is 27.5 Å². The smallest absolute Gasteiger partial charge is 0.221 e. The number of rotatable bonds is 12. The second-order valence-electron chi connectivity index (χ2n) is 15.3. The molecule has 0 saturated carbocycles. The highest BCUT2D eigenvalue weighted by Crippen LogP contribution is 2.43. The number of carbonyl (C=O) groups excluding carboxylic acids is 1. The van der Waals surface area contributed by atoms with Crippen molar-refractivity contribution in [3.8, 4) is 11.5 Å². The van der Waals surface area contributed by atoms with Crippen LogP contribution in [0.5, 0.6) is 11.5 Å². The van der Waals surface area contributed by atoms with Gasteiger partial charge in [-0.2, -0.15) is 0 Å². The molecular formula is C48H21BF20O3S4. The van der Waals surface area contributed by atoms with Crippen LogP contribution in [0.15, 0.2) is 95.2 Å². The van der Waals surface area contributed by atoms with Crippen molar-refractivity contribution in [1.29, 1.82) is 0 Å². The molecule has 0 radical (unpaired) electrons. The van der Waals surface area contributed by atoms with Crippen molar-refractivity contribution in [3.63, 3.8) is 0 Å². The van der Waals surface area contributed by atoms with Gasteiger partial charge in [0.1, 0.15) is 75.1 Å². The van der Waals surface area contributed by atoms with E-state index in [0.29, 0.717) is 0 Å². The van der Waals surface area contributed by atoms with Crippen molar-refractivity contribution in [2.75, 3.05) is 14.2 Å². The molecule has 76 heavy (non-hydrogen) atoms. The highest BCUT2D eigenvalue weighted by atomic mass is 32.2. The molecular weight excluding hydrogens is 1140 g/mol. The zero-order valence-corrected chi connectivity index (χ0v) is 40.7. The Bertz CT molecular complexity index is 3160. The molecule has 6 aromatic carbocycles. The lowest BCUT2D eigenvalue weighted by molar-refractivity contribution is 0.102. The Hall–Kier alpha value is -6.65. The fourth-order valence-corrected chi connectivity index (χ4v) is 14.0. The first-order valence-corrected chi connectivity index (χ1v) is 24.1. The summed E-state index contributed by atoms with van der Waals surface area (Å²) in [5.41, 5.74) is -14.3. The summed E-state index contributed by atoms with van der Waals surface area (Å²) in [6.45, 7) is 1.61. The number of ketones is 1. The van der Waals surface area contributed by atoms with E-state index < -0.39 is 144 Å². The van der Waals surface area contributed by atoms with Crippen LogP contribution in [0, 0.1) is 116 Å². The maximum atomic E-state index is 15.4. The topological polar surface area (TPSA) is 35.5 Å². The Morgan fingerprint density at radius 3 is 0.908 bits per heavy atom. The van der Waals surface area contributed by atoms with E-state index in [1.54, 1.807) is 55.6 Å². The lowest BCUT2D eigenvalue weighted by Crippen LogP contribution is -2.81. The minimum absolute atomic E-state index is 0.115. The number of carbonyl (C=O) groups is 1. The van der Waals surface area contributed by atoms with Crippen LogP contribution in [-0.2, 0) is 10.9 Å². The summed E-state index contributed by atoms with van der Waals surface area (Å²) in [7, 11) is 3.14. The maximum Gasteiger partial charge on any atom is 0.221 e. The molecule has 8 aromatic rings. The van der Waals surface area contributed by atoms with Crippen LogP contribution in [0.3, 0.4) is 0 Å². The molecule has 0 N–H and O–H groups in total.